The second kappa shape index (κ2) is 7.38. The van der Waals surface area contributed by atoms with Gasteiger partial charge in [-0.2, -0.15) is 0 Å². The number of carbonyl (C=O) groups is 1. The van der Waals surface area contributed by atoms with Gasteiger partial charge in [0.15, 0.2) is 0 Å². The Morgan fingerprint density at radius 3 is 2.62 bits per heavy atom. The zero-order valence-electron chi connectivity index (χ0n) is 12.2. The summed E-state index contributed by atoms with van der Waals surface area (Å²) in [6, 6.07) is 13.6. The van der Waals surface area contributed by atoms with Crippen molar-refractivity contribution in [3.8, 4) is 0 Å². The van der Waals surface area contributed by atoms with E-state index in [0.717, 1.165) is 21.2 Å². The maximum Gasteiger partial charge on any atom is 0.251 e. The average molecular weight is 348 g/mol. The number of hydrogen-bond acceptors (Lipinski definition) is 2. The van der Waals surface area contributed by atoms with Crippen LogP contribution in [0.3, 0.4) is 0 Å². The van der Waals surface area contributed by atoms with Gasteiger partial charge in [-0.15, -0.1) is 0 Å². The Morgan fingerprint density at radius 2 is 1.90 bits per heavy atom. The Labute approximate surface area is 133 Å². The van der Waals surface area contributed by atoms with Crippen LogP contribution in [0.4, 0.5) is 0 Å². The minimum atomic E-state index is -0.0685. The van der Waals surface area contributed by atoms with Crippen LogP contribution in [-0.2, 0) is 17.9 Å². The first-order valence-electron chi connectivity index (χ1n) is 6.72. The van der Waals surface area contributed by atoms with E-state index in [1.807, 2.05) is 49.4 Å². The highest BCUT2D eigenvalue weighted by Crippen LogP contribution is 2.16. The molecule has 2 aromatic carbocycles. The Kier molecular flexibility index (Phi) is 5.53. The molecule has 0 bridgehead atoms. The SMILES string of the molecule is COCc1ccccc1CNC(=O)c1cc(Br)ccc1C. The molecule has 0 aliphatic rings. The molecular weight excluding hydrogens is 330 g/mol. The fourth-order valence-corrected chi connectivity index (χ4v) is 2.50. The van der Waals surface area contributed by atoms with Crippen molar-refractivity contribution in [2.24, 2.45) is 0 Å². The number of benzene rings is 2. The molecule has 3 nitrogen and oxygen atoms in total. The Hall–Kier alpha value is -1.65. The van der Waals surface area contributed by atoms with Gasteiger partial charge in [0.1, 0.15) is 0 Å². The predicted molar refractivity (Wildman–Crippen MR) is 87.2 cm³/mol. The molecule has 0 heterocycles. The molecule has 0 unspecified atom stereocenters. The van der Waals surface area contributed by atoms with E-state index in [9.17, 15) is 4.79 Å². The molecule has 0 radical (unpaired) electrons. The number of carbonyl (C=O) groups excluding carboxylic acids is 1. The highest BCUT2D eigenvalue weighted by Gasteiger charge is 2.10. The minimum absolute atomic E-state index is 0.0685. The summed E-state index contributed by atoms with van der Waals surface area (Å²) in [5.41, 5.74) is 3.81. The van der Waals surface area contributed by atoms with Gasteiger partial charge < -0.3 is 10.1 Å². The zero-order valence-corrected chi connectivity index (χ0v) is 13.7. The molecule has 2 aromatic rings. The quantitative estimate of drug-likeness (QED) is 0.892. The van der Waals surface area contributed by atoms with Gasteiger partial charge in [-0.3, -0.25) is 4.79 Å². The van der Waals surface area contributed by atoms with Gasteiger partial charge in [-0.05, 0) is 35.7 Å². The Bertz CT molecular complexity index is 640. The smallest absolute Gasteiger partial charge is 0.251 e. The van der Waals surface area contributed by atoms with Crippen LogP contribution in [0.15, 0.2) is 46.9 Å². The first kappa shape index (κ1) is 15.7. The molecule has 0 atom stereocenters. The highest BCUT2D eigenvalue weighted by atomic mass is 79.9. The molecule has 4 heteroatoms. The van der Waals surface area contributed by atoms with Gasteiger partial charge in [-0.25, -0.2) is 0 Å². The van der Waals surface area contributed by atoms with E-state index in [1.54, 1.807) is 7.11 Å². The number of methoxy groups -OCH3 is 1. The number of amides is 1. The molecule has 1 amide bonds. The monoisotopic (exact) mass is 347 g/mol. The van der Waals surface area contributed by atoms with E-state index in [1.165, 1.54) is 0 Å². The number of hydrogen-bond donors (Lipinski definition) is 1. The molecule has 110 valence electrons. The molecule has 2 rings (SSSR count). The second-order valence-electron chi connectivity index (χ2n) is 4.84. The van der Waals surface area contributed by atoms with E-state index in [4.69, 9.17) is 4.74 Å². The minimum Gasteiger partial charge on any atom is -0.380 e. The number of ether oxygens (including phenoxy) is 1. The summed E-state index contributed by atoms with van der Waals surface area (Å²) in [7, 11) is 1.67. The van der Waals surface area contributed by atoms with Crippen LogP contribution in [0.25, 0.3) is 0 Å². The number of nitrogens with one attached hydrogen (secondary N) is 1. The first-order chi connectivity index (χ1) is 10.1. The molecule has 21 heavy (non-hydrogen) atoms. The predicted octanol–water partition coefficient (Wildman–Crippen LogP) is 3.83. The van der Waals surface area contributed by atoms with E-state index < -0.39 is 0 Å². The van der Waals surface area contributed by atoms with Crippen LogP contribution in [0.1, 0.15) is 27.0 Å². The van der Waals surface area contributed by atoms with E-state index in [0.29, 0.717) is 18.7 Å². The number of aryl methyl sites for hydroxylation is 1. The topological polar surface area (TPSA) is 38.3 Å². The lowest BCUT2D eigenvalue weighted by Crippen LogP contribution is -2.24. The Morgan fingerprint density at radius 1 is 1.19 bits per heavy atom. The maximum absolute atomic E-state index is 12.3. The van der Waals surface area contributed by atoms with E-state index >= 15 is 0 Å². The number of halogens is 1. The normalized spacial score (nSPS) is 10.4. The van der Waals surface area contributed by atoms with E-state index in [2.05, 4.69) is 21.2 Å². The second-order valence-corrected chi connectivity index (χ2v) is 5.76. The van der Waals surface area contributed by atoms with Crippen LogP contribution in [-0.4, -0.2) is 13.0 Å². The summed E-state index contributed by atoms with van der Waals surface area (Å²) >= 11 is 3.40. The van der Waals surface area contributed by atoms with Gasteiger partial charge in [0, 0.05) is 23.7 Å². The van der Waals surface area contributed by atoms with Crippen LogP contribution in [0.5, 0.6) is 0 Å². The highest BCUT2D eigenvalue weighted by molar-refractivity contribution is 9.10. The van der Waals surface area contributed by atoms with Gasteiger partial charge >= 0.3 is 0 Å². The van der Waals surface area contributed by atoms with Crippen LogP contribution in [0.2, 0.25) is 0 Å². The third kappa shape index (κ3) is 4.16. The lowest BCUT2D eigenvalue weighted by Gasteiger charge is -2.11. The maximum atomic E-state index is 12.3. The first-order valence-corrected chi connectivity index (χ1v) is 7.51. The molecule has 0 spiro atoms. The van der Waals surface area contributed by atoms with Crippen molar-refractivity contribution in [1.82, 2.24) is 5.32 Å². The summed E-state index contributed by atoms with van der Waals surface area (Å²) in [5, 5.41) is 2.97. The summed E-state index contributed by atoms with van der Waals surface area (Å²) in [6.07, 6.45) is 0. The molecule has 0 aliphatic heterocycles. The van der Waals surface area contributed by atoms with Crippen LogP contribution >= 0.6 is 15.9 Å². The van der Waals surface area contributed by atoms with Gasteiger partial charge in [0.2, 0.25) is 0 Å². The summed E-state index contributed by atoms with van der Waals surface area (Å²) in [5.74, 6) is -0.0685. The van der Waals surface area contributed by atoms with Gasteiger partial charge in [0.25, 0.3) is 5.91 Å². The van der Waals surface area contributed by atoms with Crippen molar-refractivity contribution in [3.05, 3.63) is 69.2 Å². The standard InChI is InChI=1S/C17H18BrNO2/c1-12-7-8-15(18)9-16(12)17(20)19-10-13-5-3-4-6-14(13)11-21-2/h3-9H,10-11H2,1-2H3,(H,19,20). The summed E-state index contributed by atoms with van der Waals surface area (Å²) in [6.45, 7) is 2.96. The van der Waals surface area contributed by atoms with Crippen molar-refractivity contribution < 1.29 is 9.53 Å². The lowest BCUT2D eigenvalue weighted by molar-refractivity contribution is 0.0949. The fourth-order valence-electron chi connectivity index (χ4n) is 2.14. The third-order valence-corrected chi connectivity index (χ3v) is 3.80. The van der Waals surface area contributed by atoms with Gasteiger partial charge in [0.05, 0.1) is 6.61 Å². The van der Waals surface area contributed by atoms with Crippen molar-refractivity contribution in [1.29, 1.82) is 0 Å². The van der Waals surface area contributed by atoms with Crippen LogP contribution < -0.4 is 5.32 Å². The average Bonchev–Trinajstić information content (AvgIpc) is 2.49. The number of rotatable bonds is 5. The molecule has 0 aromatic heterocycles. The fraction of sp³-hybridized carbons (Fsp3) is 0.235. The molecule has 0 saturated carbocycles. The summed E-state index contributed by atoms with van der Waals surface area (Å²) < 4.78 is 6.08. The van der Waals surface area contributed by atoms with Crippen LogP contribution in [0, 0.1) is 6.92 Å². The third-order valence-electron chi connectivity index (χ3n) is 3.30. The Balaban J connectivity index is 2.09. The van der Waals surface area contributed by atoms with Crippen molar-refractivity contribution in [2.45, 2.75) is 20.1 Å². The zero-order chi connectivity index (χ0) is 15.2. The van der Waals surface area contributed by atoms with E-state index in [-0.39, 0.29) is 5.91 Å². The molecule has 0 saturated heterocycles. The molecule has 0 aliphatic carbocycles. The van der Waals surface area contributed by atoms with Gasteiger partial charge in [-0.1, -0.05) is 46.3 Å². The lowest BCUT2D eigenvalue weighted by atomic mass is 10.1. The largest absolute Gasteiger partial charge is 0.380 e. The van der Waals surface area contributed by atoms with Crippen molar-refractivity contribution in [3.63, 3.8) is 0 Å². The van der Waals surface area contributed by atoms with Crippen molar-refractivity contribution in [2.75, 3.05) is 7.11 Å². The molecular formula is C17H18BrNO2. The summed E-state index contributed by atoms with van der Waals surface area (Å²) in [4.78, 5) is 12.3. The molecule has 0 fully saturated rings. The van der Waals surface area contributed by atoms with Crippen molar-refractivity contribution >= 4 is 21.8 Å². The molecule has 1 N–H and O–H groups in total.